The normalized spacial score (nSPS) is 16.9. The Morgan fingerprint density at radius 1 is 1.37 bits per heavy atom. The van der Waals surface area contributed by atoms with Gasteiger partial charge in [-0.2, -0.15) is 0 Å². The van der Waals surface area contributed by atoms with Crippen molar-refractivity contribution in [3.8, 4) is 0 Å². The summed E-state index contributed by atoms with van der Waals surface area (Å²) in [4.78, 5) is 2.50. The molecule has 0 aliphatic carbocycles. The predicted octanol–water partition coefficient (Wildman–Crippen LogP) is 3.03. The van der Waals surface area contributed by atoms with Gasteiger partial charge in [0.15, 0.2) is 0 Å². The molecular weight excluding hydrogens is 304 g/mol. The molecule has 0 radical (unpaired) electrons. The topological polar surface area (TPSA) is 24.5 Å². The number of methoxy groups -OCH3 is 1. The minimum Gasteiger partial charge on any atom is -0.384 e. The molecule has 1 heterocycles. The van der Waals surface area contributed by atoms with E-state index < -0.39 is 0 Å². The second-order valence-corrected chi connectivity index (χ2v) is 6.10. The van der Waals surface area contributed by atoms with Crippen LogP contribution in [0.4, 0.5) is 5.69 Å². The molecule has 0 saturated carbocycles. The zero-order chi connectivity index (χ0) is 13.7. The summed E-state index contributed by atoms with van der Waals surface area (Å²) in [5.41, 5.74) is 2.73. The second-order valence-electron chi connectivity index (χ2n) is 5.19. The molecule has 106 valence electrons. The van der Waals surface area contributed by atoms with Crippen LogP contribution >= 0.6 is 15.9 Å². The molecule has 0 bridgehead atoms. The standard InChI is InChI=1S/C15H23BrN2O/c1-17-10-13-3-4-14(16)9-15(13)18-7-5-12(6-8-18)11-19-2/h3-4,9,12,17H,5-8,10-11H2,1-2H3. The summed E-state index contributed by atoms with van der Waals surface area (Å²) in [5.74, 6) is 0.723. The van der Waals surface area contributed by atoms with Crippen molar-refractivity contribution in [2.45, 2.75) is 19.4 Å². The van der Waals surface area contributed by atoms with Crippen LogP contribution in [0.1, 0.15) is 18.4 Å². The molecule has 0 amide bonds. The summed E-state index contributed by atoms with van der Waals surface area (Å²) in [6.07, 6.45) is 2.44. The maximum atomic E-state index is 5.27. The van der Waals surface area contributed by atoms with E-state index in [0.29, 0.717) is 0 Å². The summed E-state index contributed by atoms with van der Waals surface area (Å²) in [6, 6.07) is 6.56. The SMILES string of the molecule is CNCc1ccc(Br)cc1N1CCC(COC)CC1. The van der Waals surface area contributed by atoms with Crippen molar-refractivity contribution in [2.75, 3.05) is 38.8 Å². The van der Waals surface area contributed by atoms with E-state index in [0.717, 1.165) is 36.6 Å². The number of nitrogens with zero attached hydrogens (tertiary/aromatic N) is 1. The average molecular weight is 327 g/mol. The molecule has 1 aliphatic heterocycles. The Balaban J connectivity index is 2.07. The van der Waals surface area contributed by atoms with E-state index in [-0.39, 0.29) is 0 Å². The first-order valence-electron chi connectivity index (χ1n) is 6.91. The van der Waals surface area contributed by atoms with Gasteiger partial charge in [-0.1, -0.05) is 22.0 Å². The smallest absolute Gasteiger partial charge is 0.0491 e. The Morgan fingerprint density at radius 2 is 2.11 bits per heavy atom. The molecular formula is C15H23BrN2O. The molecule has 0 atom stereocenters. The van der Waals surface area contributed by atoms with E-state index in [4.69, 9.17) is 4.74 Å². The van der Waals surface area contributed by atoms with Gasteiger partial charge in [0.2, 0.25) is 0 Å². The lowest BCUT2D eigenvalue weighted by Crippen LogP contribution is -2.35. The highest BCUT2D eigenvalue weighted by Crippen LogP contribution is 2.29. The van der Waals surface area contributed by atoms with E-state index in [1.54, 1.807) is 7.11 Å². The highest BCUT2D eigenvalue weighted by atomic mass is 79.9. The highest BCUT2D eigenvalue weighted by Gasteiger charge is 2.20. The van der Waals surface area contributed by atoms with Gasteiger partial charge in [0.05, 0.1) is 0 Å². The third kappa shape index (κ3) is 3.94. The molecule has 1 fully saturated rings. The lowest BCUT2D eigenvalue weighted by Gasteiger charge is -2.34. The quantitative estimate of drug-likeness (QED) is 0.900. The zero-order valence-corrected chi connectivity index (χ0v) is 13.4. The molecule has 1 saturated heterocycles. The zero-order valence-electron chi connectivity index (χ0n) is 11.8. The minimum absolute atomic E-state index is 0.723. The van der Waals surface area contributed by atoms with Crippen LogP contribution in [0.25, 0.3) is 0 Å². The van der Waals surface area contributed by atoms with Gasteiger partial charge >= 0.3 is 0 Å². The van der Waals surface area contributed by atoms with Gasteiger partial charge in [0, 0.05) is 43.5 Å². The molecule has 1 aliphatic rings. The van der Waals surface area contributed by atoms with Crippen molar-refractivity contribution in [2.24, 2.45) is 5.92 Å². The number of rotatable bonds is 5. The first kappa shape index (κ1) is 14.8. The summed E-state index contributed by atoms with van der Waals surface area (Å²) < 4.78 is 6.42. The van der Waals surface area contributed by atoms with E-state index in [2.05, 4.69) is 44.3 Å². The van der Waals surface area contributed by atoms with Crippen LogP contribution in [0, 0.1) is 5.92 Å². The van der Waals surface area contributed by atoms with Gasteiger partial charge in [-0.15, -0.1) is 0 Å². The van der Waals surface area contributed by atoms with Crippen molar-refractivity contribution in [1.29, 1.82) is 0 Å². The molecule has 0 spiro atoms. The molecule has 4 heteroatoms. The third-order valence-electron chi connectivity index (χ3n) is 3.77. The number of halogens is 1. The summed E-state index contributed by atoms with van der Waals surface area (Å²) in [5, 5.41) is 3.25. The Morgan fingerprint density at radius 3 is 2.74 bits per heavy atom. The number of ether oxygens (including phenoxy) is 1. The van der Waals surface area contributed by atoms with Crippen molar-refractivity contribution >= 4 is 21.6 Å². The van der Waals surface area contributed by atoms with Gasteiger partial charge < -0.3 is 15.0 Å². The largest absolute Gasteiger partial charge is 0.384 e. The molecule has 0 unspecified atom stereocenters. The molecule has 1 N–H and O–H groups in total. The van der Waals surface area contributed by atoms with E-state index in [9.17, 15) is 0 Å². The number of hydrogen-bond acceptors (Lipinski definition) is 3. The second kappa shape index (κ2) is 7.27. The average Bonchev–Trinajstić information content (AvgIpc) is 2.42. The predicted molar refractivity (Wildman–Crippen MR) is 83.7 cm³/mol. The number of benzene rings is 1. The lowest BCUT2D eigenvalue weighted by atomic mass is 9.97. The van der Waals surface area contributed by atoms with Crippen LogP contribution in [0.2, 0.25) is 0 Å². The van der Waals surface area contributed by atoms with Gasteiger partial charge in [-0.3, -0.25) is 0 Å². The van der Waals surface area contributed by atoms with Gasteiger partial charge in [-0.05, 0) is 43.5 Å². The van der Waals surface area contributed by atoms with Gasteiger partial charge in [0.25, 0.3) is 0 Å². The Hall–Kier alpha value is -0.580. The van der Waals surface area contributed by atoms with Crippen LogP contribution in [0.5, 0.6) is 0 Å². The number of piperidine rings is 1. The van der Waals surface area contributed by atoms with E-state index in [1.807, 2.05) is 7.05 Å². The van der Waals surface area contributed by atoms with Gasteiger partial charge in [-0.25, -0.2) is 0 Å². The monoisotopic (exact) mass is 326 g/mol. The molecule has 19 heavy (non-hydrogen) atoms. The number of nitrogens with one attached hydrogen (secondary N) is 1. The number of hydrogen-bond donors (Lipinski definition) is 1. The Kier molecular flexibility index (Phi) is 5.67. The minimum atomic E-state index is 0.723. The van der Waals surface area contributed by atoms with Crippen LogP contribution in [0.15, 0.2) is 22.7 Å². The summed E-state index contributed by atoms with van der Waals surface area (Å²) >= 11 is 3.58. The van der Waals surface area contributed by atoms with Crippen LogP contribution < -0.4 is 10.2 Å². The van der Waals surface area contributed by atoms with Crippen molar-refractivity contribution in [3.05, 3.63) is 28.2 Å². The molecule has 1 aromatic carbocycles. The molecule has 1 aromatic rings. The first-order valence-corrected chi connectivity index (χ1v) is 7.70. The van der Waals surface area contributed by atoms with E-state index in [1.165, 1.54) is 24.1 Å². The fourth-order valence-corrected chi connectivity index (χ4v) is 3.10. The maximum Gasteiger partial charge on any atom is 0.0491 e. The van der Waals surface area contributed by atoms with Crippen molar-refractivity contribution < 1.29 is 4.74 Å². The lowest BCUT2D eigenvalue weighted by molar-refractivity contribution is 0.139. The third-order valence-corrected chi connectivity index (χ3v) is 4.27. The maximum absolute atomic E-state index is 5.27. The molecule has 0 aromatic heterocycles. The molecule has 2 rings (SSSR count). The fraction of sp³-hybridized carbons (Fsp3) is 0.600. The van der Waals surface area contributed by atoms with Gasteiger partial charge in [0.1, 0.15) is 0 Å². The summed E-state index contributed by atoms with van der Waals surface area (Å²) in [6.45, 7) is 4.07. The molecule has 3 nitrogen and oxygen atoms in total. The fourth-order valence-electron chi connectivity index (χ4n) is 2.75. The Bertz CT molecular complexity index is 403. The van der Waals surface area contributed by atoms with Crippen LogP contribution in [0.3, 0.4) is 0 Å². The van der Waals surface area contributed by atoms with E-state index >= 15 is 0 Å². The number of anilines is 1. The Labute approximate surface area is 124 Å². The van der Waals surface area contributed by atoms with Crippen molar-refractivity contribution in [1.82, 2.24) is 5.32 Å². The first-order chi connectivity index (χ1) is 9.24. The van der Waals surface area contributed by atoms with Crippen LogP contribution in [-0.2, 0) is 11.3 Å². The van der Waals surface area contributed by atoms with Crippen LogP contribution in [-0.4, -0.2) is 33.9 Å². The summed E-state index contributed by atoms with van der Waals surface area (Å²) in [7, 11) is 3.79. The van der Waals surface area contributed by atoms with Crippen molar-refractivity contribution in [3.63, 3.8) is 0 Å². The highest BCUT2D eigenvalue weighted by molar-refractivity contribution is 9.10.